The van der Waals surface area contributed by atoms with E-state index < -0.39 is 0 Å². The van der Waals surface area contributed by atoms with Crippen LogP contribution < -0.4 is 5.32 Å². The molecule has 0 fully saturated rings. The van der Waals surface area contributed by atoms with Gasteiger partial charge in [-0.1, -0.05) is 19.1 Å². The lowest BCUT2D eigenvalue weighted by atomic mass is 10.0. The predicted molar refractivity (Wildman–Crippen MR) is 63.7 cm³/mol. The molecule has 0 saturated heterocycles. The molecule has 2 nitrogen and oxygen atoms in total. The average molecular weight is 225 g/mol. The predicted octanol–water partition coefficient (Wildman–Crippen LogP) is 2.49. The third-order valence-electron chi connectivity index (χ3n) is 3.00. The molecular formula is C13H20FNO. The minimum Gasteiger partial charge on any atom is -0.396 e. The van der Waals surface area contributed by atoms with E-state index in [0.717, 1.165) is 5.56 Å². The summed E-state index contributed by atoms with van der Waals surface area (Å²) in [6.45, 7) is 6.16. The number of hydrogen-bond donors (Lipinski definition) is 2. The topological polar surface area (TPSA) is 32.3 Å². The van der Waals surface area contributed by atoms with Gasteiger partial charge in [0.25, 0.3) is 0 Å². The van der Waals surface area contributed by atoms with Gasteiger partial charge in [0.15, 0.2) is 0 Å². The van der Waals surface area contributed by atoms with Crippen LogP contribution in [-0.4, -0.2) is 17.8 Å². The Balaban J connectivity index is 2.61. The van der Waals surface area contributed by atoms with Crippen molar-refractivity contribution in [2.24, 2.45) is 5.92 Å². The highest BCUT2D eigenvalue weighted by atomic mass is 19.1. The highest BCUT2D eigenvalue weighted by Gasteiger charge is 2.14. The van der Waals surface area contributed by atoms with Crippen molar-refractivity contribution < 1.29 is 9.50 Å². The van der Waals surface area contributed by atoms with Crippen LogP contribution in [0.1, 0.15) is 32.4 Å². The van der Waals surface area contributed by atoms with Crippen LogP contribution in [0.5, 0.6) is 0 Å². The van der Waals surface area contributed by atoms with Gasteiger partial charge >= 0.3 is 0 Å². The quantitative estimate of drug-likeness (QED) is 0.807. The van der Waals surface area contributed by atoms with E-state index in [-0.39, 0.29) is 30.4 Å². The third-order valence-corrected chi connectivity index (χ3v) is 3.00. The van der Waals surface area contributed by atoms with Gasteiger partial charge in [-0.2, -0.15) is 0 Å². The fourth-order valence-electron chi connectivity index (χ4n) is 1.59. The first-order valence-electron chi connectivity index (χ1n) is 5.67. The second kappa shape index (κ2) is 5.97. The first-order chi connectivity index (χ1) is 7.54. The Morgan fingerprint density at radius 3 is 2.56 bits per heavy atom. The summed E-state index contributed by atoms with van der Waals surface area (Å²) >= 11 is 0. The fraction of sp³-hybridized carbons (Fsp3) is 0.538. The molecule has 0 aromatic heterocycles. The molecule has 0 heterocycles. The van der Waals surface area contributed by atoms with Gasteiger partial charge in [0, 0.05) is 18.7 Å². The molecule has 0 aliphatic carbocycles. The van der Waals surface area contributed by atoms with E-state index in [1.165, 1.54) is 12.1 Å². The van der Waals surface area contributed by atoms with Crippen molar-refractivity contribution >= 4 is 0 Å². The number of benzene rings is 1. The van der Waals surface area contributed by atoms with E-state index >= 15 is 0 Å². The standard InChI is InChI=1S/C13H20FNO/c1-9(8-16)10(2)15-11(3)12-5-4-6-13(14)7-12/h4-7,9-11,15-16H,8H2,1-3H3. The Bertz CT molecular complexity index is 329. The third kappa shape index (κ3) is 3.58. The van der Waals surface area contributed by atoms with Crippen LogP contribution in [0, 0.1) is 11.7 Å². The molecule has 0 aliphatic heterocycles. The molecule has 90 valence electrons. The summed E-state index contributed by atoms with van der Waals surface area (Å²) in [6, 6.07) is 6.87. The van der Waals surface area contributed by atoms with E-state index in [1.54, 1.807) is 6.07 Å². The lowest BCUT2D eigenvalue weighted by Crippen LogP contribution is -2.35. The van der Waals surface area contributed by atoms with E-state index in [1.807, 2.05) is 26.8 Å². The van der Waals surface area contributed by atoms with Gasteiger partial charge in [-0.25, -0.2) is 4.39 Å². The maximum atomic E-state index is 13.0. The molecule has 0 saturated carbocycles. The molecule has 3 atom stereocenters. The summed E-state index contributed by atoms with van der Waals surface area (Å²) in [7, 11) is 0. The maximum absolute atomic E-state index is 13.0. The first-order valence-corrected chi connectivity index (χ1v) is 5.67. The largest absolute Gasteiger partial charge is 0.396 e. The second-order valence-corrected chi connectivity index (χ2v) is 4.39. The Hall–Kier alpha value is -0.930. The number of hydrogen-bond acceptors (Lipinski definition) is 2. The van der Waals surface area contributed by atoms with Gasteiger partial charge in [0.05, 0.1) is 0 Å². The van der Waals surface area contributed by atoms with Crippen LogP contribution in [0.25, 0.3) is 0 Å². The van der Waals surface area contributed by atoms with Crippen LogP contribution >= 0.6 is 0 Å². The van der Waals surface area contributed by atoms with Crippen molar-refractivity contribution in [2.75, 3.05) is 6.61 Å². The molecule has 0 bridgehead atoms. The molecule has 1 rings (SSSR count). The lowest BCUT2D eigenvalue weighted by Gasteiger charge is -2.24. The molecule has 0 radical (unpaired) electrons. The Labute approximate surface area is 96.5 Å². The monoisotopic (exact) mass is 225 g/mol. The van der Waals surface area contributed by atoms with Gasteiger partial charge in [-0.15, -0.1) is 0 Å². The number of nitrogens with one attached hydrogen (secondary N) is 1. The molecule has 0 aliphatic rings. The molecule has 1 aromatic carbocycles. The highest BCUT2D eigenvalue weighted by Crippen LogP contribution is 2.15. The number of aliphatic hydroxyl groups is 1. The fourth-order valence-corrected chi connectivity index (χ4v) is 1.59. The first kappa shape index (κ1) is 13.1. The summed E-state index contributed by atoms with van der Waals surface area (Å²) < 4.78 is 13.0. The van der Waals surface area contributed by atoms with Crippen LogP contribution in [0.4, 0.5) is 4.39 Å². The van der Waals surface area contributed by atoms with Gasteiger partial charge < -0.3 is 10.4 Å². The summed E-state index contributed by atoms with van der Waals surface area (Å²) in [4.78, 5) is 0. The molecule has 3 unspecified atom stereocenters. The average Bonchev–Trinajstić information content (AvgIpc) is 2.27. The van der Waals surface area contributed by atoms with Gasteiger partial charge in [0.1, 0.15) is 5.82 Å². The van der Waals surface area contributed by atoms with Crippen LogP contribution in [0.3, 0.4) is 0 Å². The van der Waals surface area contributed by atoms with Gasteiger partial charge in [-0.05, 0) is 37.5 Å². The lowest BCUT2D eigenvalue weighted by molar-refractivity contribution is 0.202. The summed E-state index contributed by atoms with van der Waals surface area (Å²) in [5.74, 6) is -0.0231. The molecule has 0 spiro atoms. The molecule has 3 heteroatoms. The van der Waals surface area contributed by atoms with E-state index in [2.05, 4.69) is 5.32 Å². The molecule has 2 N–H and O–H groups in total. The smallest absolute Gasteiger partial charge is 0.123 e. The molecule has 0 amide bonds. The molecular weight excluding hydrogens is 205 g/mol. The normalized spacial score (nSPS) is 16.8. The Kier molecular flexibility index (Phi) is 4.90. The van der Waals surface area contributed by atoms with Crippen molar-refractivity contribution in [3.8, 4) is 0 Å². The van der Waals surface area contributed by atoms with Crippen LogP contribution in [0.15, 0.2) is 24.3 Å². The minimum absolute atomic E-state index is 0.0831. The summed E-state index contributed by atoms with van der Waals surface area (Å²) in [5, 5.41) is 12.4. The van der Waals surface area contributed by atoms with Crippen molar-refractivity contribution in [3.63, 3.8) is 0 Å². The summed E-state index contributed by atoms with van der Waals surface area (Å²) in [6.07, 6.45) is 0. The van der Waals surface area contributed by atoms with Crippen LogP contribution in [0.2, 0.25) is 0 Å². The van der Waals surface area contributed by atoms with Gasteiger partial charge in [0.2, 0.25) is 0 Å². The Morgan fingerprint density at radius 1 is 1.31 bits per heavy atom. The van der Waals surface area contributed by atoms with E-state index in [4.69, 9.17) is 5.11 Å². The SMILES string of the molecule is CC(NC(C)C(C)CO)c1cccc(F)c1. The number of rotatable bonds is 5. The van der Waals surface area contributed by atoms with Crippen molar-refractivity contribution in [1.29, 1.82) is 0 Å². The zero-order chi connectivity index (χ0) is 12.1. The molecule has 1 aromatic rings. The Morgan fingerprint density at radius 2 is 2.00 bits per heavy atom. The molecule has 16 heavy (non-hydrogen) atoms. The second-order valence-electron chi connectivity index (χ2n) is 4.39. The highest BCUT2D eigenvalue weighted by molar-refractivity contribution is 5.19. The summed E-state index contributed by atoms with van der Waals surface area (Å²) in [5.41, 5.74) is 0.928. The van der Waals surface area contributed by atoms with Crippen molar-refractivity contribution in [3.05, 3.63) is 35.6 Å². The van der Waals surface area contributed by atoms with Crippen molar-refractivity contribution in [1.82, 2.24) is 5.32 Å². The van der Waals surface area contributed by atoms with Gasteiger partial charge in [-0.3, -0.25) is 0 Å². The minimum atomic E-state index is -0.214. The van der Waals surface area contributed by atoms with E-state index in [9.17, 15) is 4.39 Å². The zero-order valence-electron chi connectivity index (χ0n) is 10.1. The van der Waals surface area contributed by atoms with E-state index in [0.29, 0.717) is 0 Å². The number of halogens is 1. The van der Waals surface area contributed by atoms with Crippen molar-refractivity contribution in [2.45, 2.75) is 32.9 Å². The maximum Gasteiger partial charge on any atom is 0.123 e. The van der Waals surface area contributed by atoms with Crippen LogP contribution in [-0.2, 0) is 0 Å². The zero-order valence-corrected chi connectivity index (χ0v) is 10.1. The number of aliphatic hydroxyl groups excluding tert-OH is 1.